The van der Waals surface area contributed by atoms with Crippen molar-refractivity contribution < 1.29 is 14.7 Å². The average Bonchev–Trinajstić information content (AvgIpc) is 2.90. The van der Waals surface area contributed by atoms with E-state index in [0.717, 1.165) is 25.9 Å². The lowest BCUT2D eigenvalue weighted by molar-refractivity contribution is -0.137. The third-order valence-corrected chi connectivity index (χ3v) is 4.78. The number of aromatic nitrogens is 2. The van der Waals surface area contributed by atoms with Gasteiger partial charge in [0.15, 0.2) is 0 Å². The molecule has 1 N–H and O–H groups in total. The largest absolute Gasteiger partial charge is 0.481 e. The zero-order valence-corrected chi connectivity index (χ0v) is 15.0. The minimum Gasteiger partial charge on any atom is -0.481 e. The normalized spacial score (nSPS) is 18.2. The minimum atomic E-state index is -0.884. The number of aryl methyl sites for hydroxylation is 1. The fraction of sp³-hybridized carbons (Fsp3) is 0.688. The number of likely N-dealkylation sites (tertiary alicyclic amines) is 1. The molecule has 1 amide bonds. The molecule has 0 aromatic carbocycles. The quantitative estimate of drug-likeness (QED) is 0.801. The van der Waals surface area contributed by atoms with Crippen molar-refractivity contribution in [3.8, 4) is 0 Å². The molecule has 0 saturated carbocycles. The first-order valence-corrected chi connectivity index (χ1v) is 8.62. The van der Waals surface area contributed by atoms with Gasteiger partial charge in [0.1, 0.15) is 11.0 Å². The van der Waals surface area contributed by atoms with Crippen molar-refractivity contribution in [1.29, 1.82) is 0 Å². The number of carboxylic acid groups (broad SMARTS) is 1. The Hall–Kier alpha value is -1.60. The Balaban J connectivity index is 1.91. The van der Waals surface area contributed by atoms with Crippen LogP contribution < -0.4 is 0 Å². The molecule has 1 aromatic rings. The SMILES string of the molecule is CN(C)[C@H]1CCCN(C(=O)CCc2ncc(Cl)n2CCC(=O)O)C1. The highest BCUT2D eigenvalue weighted by molar-refractivity contribution is 6.29. The van der Waals surface area contributed by atoms with Crippen molar-refractivity contribution in [2.75, 3.05) is 27.2 Å². The van der Waals surface area contributed by atoms with Crippen LogP contribution in [0.4, 0.5) is 0 Å². The fourth-order valence-electron chi connectivity index (χ4n) is 3.01. The second-order valence-electron chi connectivity index (χ2n) is 6.39. The Bertz CT molecular complexity index is 588. The highest BCUT2D eigenvalue weighted by Crippen LogP contribution is 2.17. The zero-order chi connectivity index (χ0) is 17.7. The van der Waals surface area contributed by atoms with E-state index in [9.17, 15) is 9.59 Å². The van der Waals surface area contributed by atoms with Crippen molar-refractivity contribution in [1.82, 2.24) is 19.4 Å². The summed E-state index contributed by atoms with van der Waals surface area (Å²) in [5, 5.41) is 9.22. The number of hydrogen-bond acceptors (Lipinski definition) is 4. The van der Waals surface area contributed by atoms with E-state index >= 15 is 0 Å². The molecule has 24 heavy (non-hydrogen) atoms. The summed E-state index contributed by atoms with van der Waals surface area (Å²) >= 11 is 6.05. The number of amides is 1. The van der Waals surface area contributed by atoms with Crippen LogP contribution in [0.25, 0.3) is 0 Å². The molecular formula is C16H25ClN4O3. The number of imidazole rings is 1. The Labute approximate surface area is 147 Å². The van der Waals surface area contributed by atoms with Gasteiger partial charge in [0, 0.05) is 38.5 Å². The summed E-state index contributed by atoms with van der Waals surface area (Å²) in [5.41, 5.74) is 0. The van der Waals surface area contributed by atoms with Crippen molar-refractivity contribution in [3.05, 3.63) is 17.2 Å². The maximum absolute atomic E-state index is 12.5. The van der Waals surface area contributed by atoms with Crippen molar-refractivity contribution >= 4 is 23.5 Å². The van der Waals surface area contributed by atoms with Crippen LogP contribution in [0, 0.1) is 0 Å². The summed E-state index contributed by atoms with van der Waals surface area (Å²) < 4.78 is 1.67. The lowest BCUT2D eigenvalue weighted by Gasteiger charge is -2.36. The van der Waals surface area contributed by atoms with Gasteiger partial charge in [-0.05, 0) is 26.9 Å². The number of hydrogen-bond donors (Lipinski definition) is 1. The van der Waals surface area contributed by atoms with E-state index < -0.39 is 5.97 Å². The lowest BCUT2D eigenvalue weighted by atomic mass is 10.0. The molecule has 0 unspecified atom stereocenters. The first kappa shape index (κ1) is 18.7. The molecule has 7 nitrogen and oxygen atoms in total. The van der Waals surface area contributed by atoms with Gasteiger partial charge in [-0.25, -0.2) is 4.98 Å². The molecule has 0 aliphatic carbocycles. The van der Waals surface area contributed by atoms with Crippen molar-refractivity contribution in [3.63, 3.8) is 0 Å². The number of likely N-dealkylation sites (N-methyl/N-ethyl adjacent to an activating group) is 1. The van der Waals surface area contributed by atoms with Gasteiger partial charge in [-0.3, -0.25) is 9.59 Å². The fourth-order valence-corrected chi connectivity index (χ4v) is 3.24. The van der Waals surface area contributed by atoms with Gasteiger partial charge in [-0.2, -0.15) is 0 Å². The molecule has 0 spiro atoms. The molecule has 1 aliphatic heterocycles. The van der Waals surface area contributed by atoms with E-state index in [1.54, 1.807) is 4.57 Å². The number of carboxylic acids is 1. The van der Waals surface area contributed by atoms with Crippen LogP contribution in [0.5, 0.6) is 0 Å². The maximum Gasteiger partial charge on any atom is 0.305 e. The Kier molecular flexibility index (Phi) is 6.62. The molecule has 134 valence electrons. The number of aliphatic carboxylic acids is 1. The molecule has 2 heterocycles. The number of nitrogens with zero attached hydrogens (tertiary/aromatic N) is 4. The summed E-state index contributed by atoms with van der Waals surface area (Å²) in [7, 11) is 4.08. The monoisotopic (exact) mass is 356 g/mol. The first-order chi connectivity index (χ1) is 11.4. The zero-order valence-electron chi connectivity index (χ0n) is 14.2. The molecule has 0 bridgehead atoms. The summed E-state index contributed by atoms with van der Waals surface area (Å²) in [6.45, 7) is 1.83. The Morgan fingerprint density at radius 1 is 1.42 bits per heavy atom. The molecule has 8 heteroatoms. The average molecular weight is 357 g/mol. The standard InChI is InChI=1S/C16H25ClN4O3/c1-19(2)12-4-3-8-20(11-12)15(22)6-5-14-18-10-13(17)21(14)9-7-16(23)24/h10,12H,3-9,11H2,1-2H3,(H,23,24)/t12-/m0/s1. The maximum atomic E-state index is 12.5. The number of piperidine rings is 1. The molecule has 1 atom stereocenters. The Morgan fingerprint density at radius 3 is 2.83 bits per heavy atom. The second kappa shape index (κ2) is 8.48. The summed E-state index contributed by atoms with van der Waals surface area (Å²) in [6, 6.07) is 0.412. The molecule has 1 fully saturated rings. The van der Waals surface area contributed by atoms with Gasteiger partial charge in [0.25, 0.3) is 0 Å². The Morgan fingerprint density at radius 2 is 2.17 bits per heavy atom. The van der Waals surface area contributed by atoms with Crippen molar-refractivity contribution in [2.45, 2.75) is 44.7 Å². The van der Waals surface area contributed by atoms with Crippen LogP contribution in [-0.4, -0.2) is 69.6 Å². The topological polar surface area (TPSA) is 78.7 Å². The molecule has 2 rings (SSSR count). The van der Waals surface area contributed by atoms with Gasteiger partial charge in [-0.1, -0.05) is 11.6 Å². The second-order valence-corrected chi connectivity index (χ2v) is 6.78. The van der Waals surface area contributed by atoms with E-state index in [1.165, 1.54) is 6.20 Å². The predicted octanol–water partition coefficient (Wildman–Crippen LogP) is 1.50. The van der Waals surface area contributed by atoms with Gasteiger partial charge in [-0.15, -0.1) is 0 Å². The van der Waals surface area contributed by atoms with E-state index in [4.69, 9.17) is 16.7 Å². The lowest BCUT2D eigenvalue weighted by Crippen LogP contribution is -2.47. The third-order valence-electron chi connectivity index (χ3n) is 4.48. The summed E-state index contributed by atoms with van der Waals surface area (Å²) in [5.74, 6) is -0.105. The molecule has 1 aliphatic rings. The molecule has 1 aromatic heterocycles. The molecule has 1 saturated heterocycles. The minimum absolute atomic E-state index is 0.0202. The van der Waals surface area contributed by atoms with E-state index in [1.807, 2.05) is 19.0 Å². The van der Waals surface area contributed by atoms with Gasteiger partial charge in [0.05, 0.1) is 12.6 Å². The number of carbonyl (C=O) groups is 2. The first-order valence-electron chi connectivity index (χ1n) is 8.24. The van der Waals surface area contributed by atoms with Crippen molar-refractivity contribution in [2.24, 2.45) is 0 Å². The highest BCUT2D eigenvalue weighted by Gasteiger charge is 2.25. The summed E-state index contributed by atoms with van der Waals surface area (Å²) in [4.78, 5) is 31.5. The number of rotatable bonds is 7. The number of halogens is 1. The van der Waals surface area contributed by atoms with Crippen LogP contribution in [0.3, 0.4) is 0 Å². The summed E-state index contributed by atoms with van der Waals surface area (Å²) in [6.07, 6.45) is 4.45. The van der Waals surface area contributed by atoms with Gasteiger partial charge in [0.2, 0.25) is 5.91 Å². The van der Waals surface area contributed by atoms with Crippen LogP contribution in [0.2, 0.25) is 5.15 Å². The number of carbonyl (C=O) groups excluding carboxylic acids is 1. The smallest absolute Gasteiger partial charge is 0.305 e. The van der Waals surface area contributed by atoms with Crippen LogP contribution >= 0.6 is 11.6 Å². The molecular weight excluding hydrogens is 332 g/mol. The van der Waals surface area contributed by atoms with Crippen LogP contribution in [-0.2, 0) is 22.6 Å². The van der Waals surface area contributed by atoms with E-state index in [-0.39, 0.29) is 18.9 Å². The van der Waals surface area contributed by atoms with E-state index in [0.29, 0.717) is 29.9 Å². The van der Waals surface area contributed by atoms with Gasteiger partial charge >= 0.3 is 5.97 Å². The molecule has 0 radical (unpaired) electrons. The highest BCUT2D eigenvalue weighted by atomic mass is 35.5. The third kappa shape index (κ3) is 4.95. The van der Waals surface area contributed by atoms with Crippen LogP contribution in [0.1, 0.15) is 31.5 Å². The van der Waals surface area contributed by atoms with E-state index in [2.05, 4.69) is 9.88 Å². The van der Waals surface area contributed by atoms with Gasteiger partial charge < -0.3 is 19.5 Å². The van der Waals surface area contributed by atoms with Crippen LogP contribution in [0.15, 0.2) is 6.20 Å². The predicted molar refractivity (Wildman–Crippen MR) is 91.1 cm³/mol.